The van der Waals surface area contributed by atoms with Crippen LogP contribution in [0.4, 0.5) is 0 Å². The Kier molecular flexibility index (Phi) is 8.63. The maximum Gasteiger partial charge on any atom is 0.328 e. The van der Waals surface area contributed by atoms with Gasteiger partial charge in [-0.05, 0) is 47.0 Å². The van der Waals surface area contributed by atoms with Gasteiger partial charge in [0.15, 0.2) is 0 Å². The Morgan fingerprint density at radius 1 is 0.969 bits per heavy atom. The van der Waals surface area contributed by atoms with Crippen molar-refractivity contribution in [3.63, 3.8) is 0 Å². The largest absolute Gasteiger partial charge is 0.489 e. The van der Waals surface area contributed by atoms with Crippen molar-refractivity contribution in [2.75, 3.05) is 7.11 Å². The van der Waals surface area contributed by atoms with E-state index in [1.807, 2.05) is 78.9 Å². The van der Waals surface area contributed by atoms with Crippen molar-refractivity contribution in [2.45, 2.75) is 19.1 Å². The quantitative estimate of drug-likeness (QED) is 0.338. The number of hydrogen-bond donors (Lipinski definition) is 1. The van der Waals surface area contributed by atoms with E-state index in [0.29, 0.717) is 13.0 Å². The molecule has 0 aliphatic carbocycles. The zero-order valence-corrected chi connectivity index (χ0v) is 19.2. The third kappa shape index (κ3) is 7.39. The summed E-state index contributed by atoms with van der Waals surface area (Å²) in [5.74, 6) is -0.144. The average molecular weight is 494 g/mol. The number of ether oxygens (including phenoxy) is 2. The summed E-state index contributed by atoms with van der Waals surface area (Å²) in [6, 6.07) is 24.1. The van der Waals surface area contributed by atoms with E-state index >= 15 is 0 Å². The highest BCUT2D eigenvalue weighted by Crippen LogP contribution is 2.16. The zero-order valence-electron chi connectivity index (χ0n) is 17.7. The number of methoxy groups -OCH3 is 1. The Bertz CT molecular complexity index is 1060. The Balaban J connectivity index is 1.58. The first-order valence-electron chi connectivity index (χ1n) is 10.1. The lowest BCUT2D eigenvalue weighted by Crippen LogP contribution is -2.42. The number of hydrogen-bond acceptors (Lipinski definition) is 4. The van der Waals surface area contributed by atoms with Gasteiger partial charge in [-0.2, -0.15) is 0 Å². The lowest BCUT2D eigenvalue weighted by molar-refractivity contribution is -0.144. The first kappa shape index (κ1) is 23.3. The topological polar surface area (TPSA) is 64.6 Å². The van der Waals surface area contributed by atoms with Gasteiger partial charge in [0.2, 0.25) is 5.91 Å². The van der Waals surface area contributed by atoms with Crippen molar-refractivity contribution in [3.05, 3.63) is 106 Å². The highest BCUT2D eigenvalue weighted by Gasteiger charge is 2.21. The SMILES string of the molecule is COC(=O)C(Cc1ccc(OCc2ccccc2)cc1)NC(=O)/C=C/c1cccc(Br)c1. The average Bonchev–Trinajstić information content (AvgIpc) is 2.82. The van der Waals surface area contributed by atoms with Crippen LogP contribution in [0.5, 0.6) is 5.75 Å². The van der Waals surface area contributed by atoms with Crippen molar-refractivity contribution >= 4 is 33.9 Å². The van der Waals surface area contributed by atoms with Gasteiger partial charge in [-0.25, -0.2) is 4.79 Å². The third-order valence-electron chi connectivity index (χ3n) is 4.69. The third-order valence-corrected chi connectivity index (χ3v) is 5.18. The van der Waals surface area contributed by atoms with Gasteiger partial charge in [-0.3, -0.25) is 4.79 Å². The molecule has 3 aromatic rings. The minimum atomic E-state index is -0.796. The fraction of sp³-hybridized carbons (Fsp3) is 0.154. The van der Waals surface area contributed by atoms with Gasteiger partial charge in [0, 0.05) is 17.0 Å². The molecule has 0 aliphatic heterocycles. The molecule has 1 atom stereocenters. The number of carbonyl (C=O) groups excluding carboxylic acids is 2. The molecule has 3 rings (SSSR count). The summed E-state index contributed by atoms with van der Waals surface area (Å²) in [7, 11) is 1.30. The molecule has 0 saturated heterocycles. The molecule has 0 heterocycles. The monoisotopic (exact) mass is 493 g/mol. The summed E-state index contributed by atoms with van der Waals surface area (Å²) in [5.41, 5.74) is 2.83. The van der Waals surface area contributed by atoms with Gasteiger partial charge in [-0.1, -0.05) is 70.5 Å². The minimum absolute atomic E-state index is 0.308. The number of halogens is 1. The maximum atomic E-state index is 12.4. The van der Waals surface area contributed by atoms with Crippen LogP contribution in [0, 0.1) is 0 Å². The van der Waals surface area contributed by atoms with E-state index in [2.05, 4.69) is 21.2 Å². The van der Waals surface area contributed by atoms with Crippen LogP contribution in [0.3, 0.4) is 0 Å². The highest BCUT2D eigenvalue weighted by molar-refractivity contribution is 9.10. The second-order valence-corrected chi connectivity index (χ2v) is 8.01. The molecular formula is C26H24BrNO4. The van der Waals surface area contributed by atoms with Crippen molar-refractivity contribution in [1.82, 2.24) is 5.32 Å². The van der Waals surface area contributed by atoms with Gasteiger partial charge in [0.05, 0.1) is 7.11 Å². The smallest absolute Gasteiger partial charge is 0.328 e. The number of amides is 1. The van der Waals surface area contributed by atoms with Crippen molar-refractivity contribution in [1.29, 1.82) is 0 Å². The summed E-state index contributed by atoms with van der Waals surface area (Å²) < 4.78 is 11.6. The van der Waals surface area contributed by atoms with E-state index in [9.17, 15) is 9.59 Å². The Labute approximate surface area is 196 Å². The fourth-order valence-electron chi connectivity index (χ4n) is 3.04. The van der Waals surface area contributed by atoms with Crippen LogP contribution in [0.1, 0.15) is 16.7 Å². The summed E-state index contributed by atoms with van der Waals surface area (Å²) >= 11 is 3.40. The molecule has 32 heavy (non-hydrogen) atoms. The predicted molar refractivity (Wildman–Crippen MR) is 128 cm³/mol. The number of benzene rings is 3. The second-order valence-electron chi connectivity index (χ2n) is 7.10. The summed E-state index contributed by atoms with van der Waals surface area (Å²) in [4.78, 5) is 24.6. The fourth-order valence-corrected chi connectivity index (χ4v) is 3.45. The first-order chi connectivity index (χ1) is 15.5. The van der Waals surface area contributed by atoms with Crippen LogP contribution in [0.15, 0.2) is 89.4 Å². The second kappa shape index (κ2) is 11.9. The molecule has 0 radical (unpaired) electrons. The van der Waals surface area contributed by atoms with Crippen molar-refractivity contribution in [2.24, 2.45) is 0 Å². The van der Waals surface area contributed by atoms with Gasteiger partial charge < -0.3 is 14.8 Å². The van der Waals surface area contributed by atoms with Gasteiger partial charge in [0.25, 0.3) is 0 Å². The Morgan fingerprint density at radius 3 is 2.41 bits per heavy atom. The van der Waals surface area contributed by atoms with E-state index in [1.54, 1.807) is 6.08 Å². The number of nitrogens with one attached hydrogen (secondary N) is 1. The lowest BCUT2D eigenvalue weighted by Gasteiger charge is -2.16. The molecule has 0 aliphatic rings. The Morgan fingerprint density at radius 2 is 1.72 bits per heavy atom. The van der Waals surface area contributed by atoms with E-state index < -0.39 is 12.0 Å². The van der Waals surface area contributed by atoms with E-state index in [0.717, 1.165) is 26.9 Å². The molecule has 164 valence electrons. The van der Waals surface area contributed by atoms with Crippen LogP contribution >= 0.6 is 15.9 Å². The standard InChI is InChI=1S/C26H24BrNO4/c1-31-26(30)24(28-25(29)15-12-19-8-5-9-22(27)16-19)17-20-10-13-23(14-11-20)32-18-21-6-3-2-4-7-21/h2-16,24H,17-18H2,1H3,(H,28,29)/b15-12+. The zero-order chi connectivity index (χ0) is 22.8. The molecular weight excluding hydrogens is 470 g/mol. The van der Waals surface area contributed by atoms with E-state index in [-0.39, 0.29) is 5.91 Å². The molecule has 5 nitrogen and oxygen atoms in total. The van der Waals surface area contributed by atoms with Gasteiger partial charge in [0.1, 0.15) is 18.4 Å². The van der Waals surface area contributed by atoms with Crippen molar-refractivity contribution < 1.29 is 19.1 Å². The number of carbonyl (C=O) groups is 2. The number of esters is 1. The summed E-state index contributed by atoms with van der Waals surface area (Å²) in [5, 5.41) is 2.72. The first-order valence-corrected chi connectivity index (χ1v) is 10.9. The van der Waals surface area contributed by atoms with Gasteiger partial charge in [-0.15, -0.1) is 0 Å². The molecule has 1 amide bonds. The van der Waals surface area contributed by atoms with E-state index in [1.165, 1.54) is 13.2 Å². The van der Waals surface area contributed by atoms with Gasteiger partial charge >= 0.3 is 5.97 Å². The molecule has 1 N–H and O–H groups in total. The normalized spacial score (nSPS) is 11.7. The van der Waals surface area contributed by atoms with E-state index in [4.69, 9.17) is 9.47 Å². The summed E-state index contributed by atoms with van der Waals surface area (Å²) in [6.07, 6.45) is 3.40. The molecule has 6 heteroatoms. The highest BCUT2D eigenvalue weighted by atomic mass is 79.9. The molecule has 0 bridgehead atoms. The molecule has 0 spiro atoms. The van der Waals surface area contributed by atoms with Crippen LogP contribution in [-0.2, 0) is 27.4 Å². The van der Waals surface area contributed by atoms with Crippen molar-refractivity contribution in [3.8, 4) is 5.75 Å². The maximum absolute atomic E-state index is 12.4. The van der Waals surface area contributed by atoms with Crippen LogP contribution in [-0.4, -0.2) is 25.0 Å². The Hall–Kier alpha value is -3.38. The van der Waals surface area contributed by atoms with Crippen LogP contribution in [0.25, 0.3) is 6.08 Å². The summed E-state index contributed by atoms with van der Waals surface area (Å²) in [6.45, 7) is 0.478. The molecule has 0 saturated carbocycles. The molecule has 1 unspecified atom stereocenters. The number of rotatable bonds is 9. The molecule has 0 aromatic heterocycles. The van der Waals surface area contributed by atoms with Crippen LogP contribution in [0.2, 0.25) is 0 Å². The minimum Gasteiger partial charge on any atom is -0.489 e. The molecule has 0 fully saturated rings. The predicted octanol–water partition coefficient (Wildman–Crippen LogP) is 4.94. The van der Waals surface area contributed by atoms with Crippen LogP contribution < -0.4 is 10.1 Å². The lowest BCUT2D eigenvalue weighted by atomic mass is 10.1. The molecule has 3 aromatic carbocycles.